The Morgan fingerprint density at radius 1 is 1.00 bits per heavy atom. The average molecular weight is 342 g/mol. The lowest BCUT2D eigenvalue weighted by atomic mass is 10.0. The number of para-hydroxylation sites is 2. The van der Waals surface area contributed by atoms with Gasteiger partial charge in [0.05, 0.1) is 0 Å². The molecule has 0 spiro atoms. The van der Waals surface area contributed by atoms with Crippen LogP contribution >= 0.6 is 0 Å². The van der Waals surface area contributed by atoms with Gasteiger partial charge in [0.25, 0.3) is 0 Å². The molecule has 2 N–H and O–H groups in total. The number of rotatable bonds is 4. The number of H-pyrrole nitrogens is 1. The maximum absolute atomic E-state index is 9.75. The van der Waals surface area contributed by atoms with Crippen molar-refractivity contribution in [2.75, 3.05) is 0 Å². The minimum atomic E-state index is 0.0247. The number of aromatic hydroxyl groups is 1. The van der Waals surface area contributed by atoms with Crippen molar-refractivity contribution in [3.05, 3.63) is 53.6 Å². The highest BCUT2D eigenvalue weighted by Crippen LogP contribution is 2.22. The monoisotopic (exact) mass is 341 g/mol. The van der Waals surface area contributed by atoms with Crippen molar-refractivity contribution in [3.63, 3.8) is 0 Å². The molecule has 0 bridgehead atoms. The Bertz CT molecular complexity index is 722. The quantitative estimate of drug-likeness (QED) is 0.691. The van der Waals surface area contributed by atoms with Crippen LogP contribution in [0, 0.1) is 0 Å². The van der Waals surface area contributed by atoms with E-state index in [1.807, 2.05) is 36.4 Å². The lowest BCUT2D eigenvalue weighted by Gasteiger charge is -2.04. The molecule has 0 fully saturated rings. The molecular weight excluding hydrogens is 330 g/mol. The maximum Gasteiger partial charge on any atom is 0.409 e. The van der Waals surface area contributed by atoms with E-state index >= 15 is 0 Å². The SMILES string of the molecule is Oc1ccccc1Cc1cccc2n[nH]nc12.[Si]O[Si]O[Si]. The van der Waals surface area contributed by atoms with Crippen LogP contribution in [-0.2, 0) is 14.7 Å². The minimum absolute atomic E-state index is 0.0247. The van der Waals surface area contributed by atoms with Gasteiger partial charge in [-0.3, -0.25) is 0 Å². The van der Waals surface area contributed by atoms with E-state index in [0.29, 0.717) is 12.2 Å². The van der Waals surface area contributed by atoms with Crippen molar-refractivity contribution in [2.24, 2.45) is 0 Å². The number of fused-ring (bicyclic) bond motifs is 1. The molecule has 0 aliphatic heterocycles. The van der Waals surface area contributed by atoms with Crippen LogP contribution in [0.25, 0.3) is 11.0 Å². The van der Waals surface area contributed by atoms with Crippen molar-refractivity contribution in [1.82, 2.24) is 15.4 Å². The number of aromatic amines is 1. The summed E-state index contributed by atoms with van der Waals surface area (Å²) in [5.41, 5.74) is 3.65. The summed E-state index contributed by atoms with van der Waals surface area (Å²) in [6.45, 7) is 0. The van der Waals surface area contributed by atoms with Crippen LogP contribution in [0.3, 0.4) is 0 Å². The first-order chi connectivity index (χ1) is 10.8. The van der Waals surface area contributed by atoms with Gasteiger partial charge in [-0.25, -0.2) is 0 Å². The molecule has 0 saturated heterocycles. The van der Waals surface area contributed by atoms with E-state index in [9.17, 15) is 5.11 Å². The predicted octanol–water partition coefficient (Wildman–Crippen LogP) is 0.975. The number of aromatic nitrogens is 3. The van der Waals surface area contributed by atoms with Gasteiger partial charge in [0.2, 0.25) is 21.0 Å². The molecule has 0 aliphatic rings. The molecule has 0 atom stereocenters. The van der Waals surface area contributed by atoms with Gasteiger partial charge in [0.15, 0.2) is 0 Å². The zero-order chi connectivity index (χ0) is 15.8. The molecule has 1 heterocycles. The lowest BCUT2D eigenvalue weighted by molar-refractivity contribution is 0.469. The van der Waals surface area contributed by atoms with Crippen LogP contribution < -0.4 is 0 Å². The van der Waals surface area contributed by atoms with Crippen LogP contribution in [0.15, 0.2) is 42.5 Å². The first-order valence-corrected chi connectivity index (χ1v) is 7.85. The van der Waals surface area contributed by atoms with E-state index in [1.165, 1.54) is 0 Å². The molecule has 3 rings (SSSR count). The summed E-state index contributed by atoms with van der Waals surface area (Å²) in [4.78, 5) is 0. The third kappa shape index (κ3) is 4.35. The number of benzene rings is 2. The third-order valence-electron chi connectivity index (χ3n) is 2.89. The van der Waals surface area contributed by atoms with Gasteiger partial charge in [-0.05, 0) is 23.3 Å². The minimum Gasteiger partial charge on any atom is -0.508 e. The van der Waals surface area contributed by atoms with E-state index in [2.05, 4.69) is 44.6 Å². The Labute approximate surface area is 137 Å². The number of phenols is 1. The van der Waals surface area contributed by atoms with Gasteiger partial charge in [0, 0.05) is 6.42 Å². The van der Waals surface area contributed by atoms with E-state index in [4.69, 9.17) is 0 Å². The van der Waals surface area contributed by atoms with E-state index < -0.39 is 0 Å². The fourth-order valence-corrected chi connectivity index (χ4v) is 2.50. The number of phenolic OH excluding ortho intramolecular Hbond substituents is 1. The summed E-state index contributed by atoms with van der Waals surface area (Å²) >= 11 is 0. The van der Waals surface area contributed by atoms with Crippen LogP contribution in [0.1, 0.15) is 11.1 Å². The van der Waals surface area contributed by atoms with Crippen LogP contribution in [0.5, 0.6) is 5.75 Å². The molecule has 108 valence electrons. The zero-order valence-corrected chi connectivity index (χ0v) is 14.4. The van der Waals surface area contributed by atoms with Crippen molar-refractivity contribution < 1.29 is 13.3 Å². The molecule has 0 amide bonds. The van der Waals surface area contributed by atoms with E-state index in [1.54, 1.807) is 6.07 Å². The second-order valence-corrected chi connectivity index (χ2v) is 6.00. The Kier molecular flexibility index (Phi) is 6.48. The standard InChI is InChI=1S/C13H11N3O.O2Si3/c17-12-7-2-1-4-9(12)8-10-5-3-6-11-13(10)15-16-14-11;3-1-5-2-4/h1-7,17H,8H2,(H,14,15,16);. The normalized spacial score (nSPS) is 10.3. The largest absolute Gasteiger partial charge is 0.508 e. The molecule has 9 heteroatoms. The zero-order valence-electron chi connectivity index (χ0n) is 11.4. The Morgan fingerprint density at radius 3 is 2.41 bits per heavy atom. The molecule has 0 aliphatic carbocycles. The van der Waals surface area contributed by atoms with Crippen molar-refractivity contribution in [2.45, 2.75) is 6.42 Å². The van der Waals surface area contributed by atoms with Gasteiger partial charge in [0.1, 0.15) is 16.8 Å². The lowest BCUT2D eigenvalue weighted by Crippen LogP contribution is -1.96. The highest BCUT2D eigenvalue weighted by Gasteiger charge is 2.07. The summed E-state index contributed by atoms with van der Waals surface area (Å²) in [6, 6.07) is 13.2. The molecule has 2 aromatic carbocycles. The first kappa shape index (κ1) is 16.6. The highest BCUT2D eigenvalue weighted by molar-refractivity contribution is 6.33. The predicted molar refractivity (Wildman–Crippen MR) is 84.2 cm³/mol. The summed E-state index contributed by atoms with van der Waals surface area (Å²) in [5, 5.41) is 20.5. The van der Waals surface area contributed by atoms with Crippen molar-refractivity contribution in [1.29, 1.82) is 0 Å². The van der Waals surface area contributed by atoms with Crippen molar-refractivity contribution in [3.8, 4) is 5.75 Å². The Balaban J connectivity index is 0.000000309. The third-order valence-corrected chi connectivity index (χ3v) is 3.55. The number of nitrogens with one attached hydrogen (secondary N) is 1. The van der Waals surface area contributed by atoms with Gasteiger partial charge in [-0.2, -0.15) is 15.4 Å². The maximum atomic E-state index is 9.75. The van der Waals surface area contributed by atoms with Gasteiger partial charge < -0.3 is 13.3 Å². The van der Waals surface area contributed by atoms with Crippen LogP contribution in [0.2, 0.25) is 0 Å². The molecule has 1 aromatic heterocycles. The summed E-state index contributed by atoms with van der Waals surface area (Å²) in [5.74, 6) is 0.313. The summed E-state index contributed by atoms with van der Waals surface area (Å²) in [7, 11) is 5.44. The molecule has 3 aromatic rings. The molecule has 8 radical (unpaired) electrons. The summed E-state index contributed by atoms with van der Waals surface area (Å²) < 4.78 is 8.51. The van der Waals surface area contributed by atoms with Crippen LogP contribution in [0.4, 0.5) is 0 Å². The molecule has 6 nitrogen and oxygen atoms in total. The highest BCUT2D eigenvalue weighted by atomic mass is 28.3. The second kappa shape index (κ2) is 8.60. The molecule has 0 saturated carbocycles. The second-order valence-electron chi connectivity index (χ2n) is 4.20. The fourth-order valence-electron chi connectivity index (χ4n) is 1.95. The topological polar surface area (TPSA) is 80.3 Å². The molecular formula is C13H11N3O3Si3. The van der Waals surface area contributed by atoms with Crippen molar-refractivity contribution >= 4 is 42.0 Å². The van der Waals surface area contributed by atoms with Gasteiger partial charge >= 0.3 is 10.0 Å². The Hall–Kier alpha value is -1.79. The smallest absolute Gasteiger partial charge is 0.409 e. The summed E-state index contributed by atoms with van der Waals surface area (Å²) in [6.07, 6.45) is 0.649. The molecule has 0 unspecified atom stereocenters. The first-order valence-electron chi connectivity index (χ1n) is 6.21. The fraction of sp³-hybridized carbons (Fsp3) is 0.0769. The van der Waals surface area contributed by atoms with Crippen LogP contribution in [-0.4, -0.2) is 51.5 Å². The van der Waals surface area contributed by atoms with E-state index in [0.717, 1.165) is 22.2 Å². The molecule has 22 heavy (non-hydrogen) atoms. The number of nitrogens with zero attached hydrogens (tertiary/aromatic N) is 2. The number of hydrogen-bond donors (Lipinski definition) is 2. The number of hydrogen-bond acceptors (Lipinski definition) is 5. The van der Waals surface area contributed by atoms with Gasteiger partial charge in [-0.15, -0.1) is 0 Å². The average Bonchev–Trinajstić information content (AvgIpc) is 3.01. The van der Waals surface area contributed by atoms with E-state index in [-0.39, 0.29) is 10.0 Å². The van der Waals surface area contributed by atoms with Gasteiger partial charge in [-0.1, -0.05) is 30.3 Å². The Morgan fingerprint density at radius 2 is 1.73 bits per heavy atom.